The SMILES string of the molecule is CNC(c1ccc(Br)c(C(F)(F)F)c1)C1CCC(C)CC1. The maximum Gasteiger partial charge on any atom is 0.417 e. The van der Waals surface area contributed by atoms with Gasteiger partial charge in [0.1, 0.15) is 0 Å². The van der Waals surface area contributed by atoms with Gasteiger partial charge in [-0.1, -0.05) is 41.8 Å². The topological polar surface area (TPSA) is 12.0 Å². The van der Waals surface area contributed by atoms with E-state index in [9.17, 15) is 13.2 Å². The second-order valence-electron chi connectivity index (χ2n) is 6.02. The van der Waals surface area contributed by atoms with E-state index in [1.165, 1.54) is 12.1 Å². The van der Waals surface area contributed by atoms with Crippen LogP contribution in [0.3, 0.4) is 0 Å². The minimum atomic E-state index is -4.33. The van der Waals surface area contributed by atoms with Crippen LogP contribution in [-0.4, -0.2) is 7.05 Å². The van der Waals surface area contributed by atoms with Crippen molar-refractivity contribution in [2.24, 2.45) is 11.8 Å². The highest BCUT2D eigenvalue weighted by Crippen LogP contribution is 2.40. The van der Waals surface area contributed by atoms with E-state index in [2.05, 4.69) is 28.2 Å². The summed E-state index contributed by atoms with van der Waals surface area (Å²) in [5, 5.41) is 3.22. The van der Waals surface area contributed by atoms with Gasteiger partial charge in [0.25, 0.3) is 0 Å². The van der Waals surface area contributed by atoms with Crippen molar-refractivity contribution < 1.29 is 13.2 Å². The van der Waals surface area contributed by atoms with Gasteiger partial charge in [-0.05, 0) is 49.4 Å². The highest BCUT2D eigenvalue weighted by Gasteiger charge is 2.34. The van der Waals surface area contributed by atoms with E-state index in [-0.39, 0.29) is 10.5 Å². The van der Waals surface area contributed by atoms with Gasteiger partial charge in [-0.15, -0.1) is 0 Å². The van der Waals surface area contributed by atoms with Gasteiger partial charge in [0.2, 0.25) is 0 Å². The highest BCUT2D eigenvalue weighted by atomic mass is 79.9. The van der Waals surface area contributed by atoms with Crippen molar-refractivity contribution in [1.29, 1.82) is 0 Å². The fourth-order valence-electron chi connectivity index (χ4n) is 3.25. The van der Waals surface area contributed by atoms with Crippen LogP contribution in [0.1, 0.15) is 49.8 Å². The predicted molar refractivity (Wildman–Crippen MR) is 82.1 cm³/mol. The molecule has 1 unspecified atom stereocenters. The smallest absolute Gasteiger partial charge is 0.313 e. The molecule has 0 spiro atoms. The van der Waals surface area contributed by atoms with Gasteiger partial charge < -0.3 is 5.32 Å². The predicted octanol–water partition coefficient (Wildman–Crippen LogP) is 5.55. The van der Waals surface area contributed by atoms with Crippen molar-refractivity contribution >= 4 is 15.9 Å². The van der Waals surface area contributed by atoms with Crippen LogP contribution < -0.4 is 5.32 Å². The summed E-state index contributed by atoms with van der Waals surface area (Å²) in [5.74, 6) is 1.14. The third-order valence-corrected chi connectivity index (χ3v) is 5.19. The lowest BCUT2D eigenvalue weighted by Gasteiger charge is -2.33. The summed E-state index contributed by atoms with van der Waals surface area (Å²) in [6.45, 7) is 2.24. The first-order valence-corrected chi connectivity index (χ1v) is 8.16. The molecule has 1 atom stereocenters. The van der Waals surface area contributed by atoms with Crippen LogP contribution in [-0.2, 0) is 6.18 Å². The Morgan fingerprint density at radius 2 is 1.81 bits per heavy atom. The van der Waals surface area contributed by atoms with Crippen molar-refractivity contribution in [3.63, 3.8) is 0 Å². The van der Waals surface area contributed by atoms with Crippen LogP contribution in [0.5, 0.6) is 0 Å². The lowest BCUT2D eigenvalue weighted by Crippen LogP contribution is -2.28. The van der Waals surface area contributed by atoms with Crippen LogP contribution in [0.25, 0.3) is 0 Å². The Hall–Kier alpha value is -0.550. The number of halogens is 4. The molecule has 118 valence electrons. The summed E-state index contributed by atoms with van der Waals surface area (Å²) < 4.78 is 39.2. The molecule has 2 rings (SSSR count). The average molecular weight is 364 g/mol. The molecule has 0 heterocycles. The first kappa shape index (κ1) is 16.8. The molecule has 1 aliphatic carbocycles. The van der Waals surface area contributed by atoms with Gasteiger partial charge in [0, 0.05) is 10.5 Å². The molecule has 0 aromatic heterocycles. The third-order valence-electron chi connectivity index (χ3n) is 4.50. The number of alkyl halides is 3. The normalized spacial score (nSPS) is 24.9. The van der Waals surface area contributed by atoms with E-state index >= 15 is 0 Å². The first-order chi connectivity index (χ1) is 9.82. The fraction of sp³-hybridized carbons (Fsp3) is 0.625. The minimum absolute atomic E-state index is 0.00769. The van der Waals surface area contributed by atoms with Gasteiger partial charge >= 0.3 is 6.18 Å². The zero-order chi connectivity index (χ0) is 15.6. The summed E-state index contributed by atoms with van der Waals surface area (Å²) in [6.07, 6.45) is 0.138. The van der Waals surface area contributed by atoms with Gasteiger partial charge in [-0.3, -0.25) is 0 Å². The molecule has 0 amide bonds. The van der Waals surface area contributed by atoms with Crippen LogP contribution in [0.15, 0.2) is 22.7 Å². The Kier molecular flexibility index (Phi) is 5.36. The molecule has 0 aliphatic heterocycles. The molecular formula is C16H21BrF3N. The number of hydrogen-bond acceptors (Lipinski definition) is 1. The molecular weight excluding hydrogens is 343 g/mol. The maximum absolute atomic E-state index is 13.0. The van der Waals surface area contributed by atoms with Gasteiger partial charge in [0.05, 0.1) is 5.56 Å². The third kappa shape index (κ3) is 4.01. The molecule has 0 radical (unpaired) electrons. The second-order valence-corrected chi connectivity index (χ2v) is 6.88. The van der Waals surface area contributed by atoms with E-state index < -0.39 is 11.7 Å². The Morgan fingerprint density at radius 1 is 1.19 bits per heavy atom. The number of hydrogen-bond donors (Lipinski definition) is 1. The van der Waals surface area contributed by atoms with Crippen LogP contribution >= 0.6 is 15.9 Å². The van der Waals surface area contributed by atoms with Gasteiger partial charge in [-0.25, -0.2) is 0 Å². The Bertz CT molecular complexity index is 479. The average Bonchev–Trinajstić information content (AvgIpc) is 2.42. The van der Waals surface area contributed by atoms with Crippen LogP contribution in [0, 0.1) is 11.8 Å². The van der Waals surface area contributed by atoms with Crippen molar-refractivity contribution in [3.8, 4) is 0 Å². The molecule has 21 heavy (non-hydrogen) atoms. The van der Waals surface area contributed by atoms with Crippen molar-refractivity contribution in [3.05, 3.63) is 33.8 Å². The zero-order valence-electron chi connectivity index (χ0n) is 12.3. The van der Waals surface area contributed by atoms with Gasteiger partial charge in [-0.2, -0.15) is 13.2 Å². The molecule has 0 bridgehead atoms. The molecule has 1 fully saturated rings. The number of rotatable bonds is 3. The van der Waals surface area contributed by atoms with E-state index in [1.807, 2.05) is 7.05 Å². The molecule has 1 saturated carbocycles. The largest absolute Gasteiger partial charge is 0.417 e. The highest BCUT2D eigenvalue weighted by molar-refractivity contribution is 9.10. The van der Waals surface area contributed by atoms with E-state index in [0.29, 0.717) is 5.92 Å². The van der Waals surface area contributed by atoms with Gasteiger partial charge in [0.15, 0.2) is 0 Å². The molecule has 5 heteroatoms. The summed E-state index contributed by atoms with van der Waals surface area (Å²) >= 11 is 3.00. The molecule has 1 nitrogen and oxygen atoms in total. The second kappa shape index (κ2) is 6.69. The Labute approximate surface area is 132 Å². The lowest BCUT2D eigenvalue weighted by molar-refractivity contribution is -0.138. The maximum atomic E-state index is 13.0. The lowest BCUT2D eigenvalue weighted by atomic mass is 9.77. The Balaban J connectivity index is 2.26. The summed E-state index contributed by atoms with van der Waals surface area (Å²) in [4.78, 5) is 0. The quantitative estimate of drug-likeness (QED) is 0.741. The Morgan fingerprint density at radius 3 is 2.33 bits per heavy atom. The number of nitrogens with one attached hydrogen (secondary N) is 1. The van der Waals surface area contributed by atoms with Crippen LogP contribution in [0.2, 0.25) is 0 Å². The monoisotopic (exact) mass is 363 g/mol. The molecule has 1 aliphatic rings. The van der Waals surface area contributed by atoms with E-state index in [0.717, 1.165) is 37.2 Å². The van der Waals surface area contributed by atoms with Crippen molar-refractivity contribution in [2.75, 3.05) is 7.05 Å². The van der Waals surface area contributed by atoms with Crippen molar-refractivity contribution in [1.82, 2.24) is 5.32 Å². The molecule has 0 saturated heterocycles. The standard InChI is InChI=1S/C16H21BrF3N/c1-10-3-5-11(6-4-10)15(21-2)12-7-8-14(17)13(9-12)16(18,19)20/h7-11,15,21H,3-6H2,1-2H3. The zero-order valence-corrected chi connectivity index (χ0v) is 13.9. The fourth-order valence-corrected chi connectivity index (χ4v) is 3.72. The molecule has 1 aromatic rings. The van der Waals surface area contributed by atoms with Crippen LogP contribution in [0.4, 0.5) is 13.2 Å². The van der Waals surface area contributed by atoms with E-state index in [4.69, 9.17) is 0 Å². The summed E-state index contributed by atoms with van der Waals surface area (Å²) in [6, 6.07) is 4.57. The first-order valence-electron chi connectivity index (χ1n) is 7.36. The summed E-state index contributed by atoms with van der Waals surface area (Å²) in [7, 11) is 1.83. The van der Waals surface area contributed by atoms with Crippen molar-refractivity contribution in [2.45, 2.75) is 44.8 Å². The minimum Gasteiger partial charge on any atom is -0.313 e. The number of benzene rings is 1. The van der Waals surface area contributed by atoms with E-state index in [1.54, 1.807) is 6.07 Å². The summed E-state index contributed by atoms with van der Waals surface area (Å²) in [5.41, 5.74) is 0.136. The molecule has 1 N–H and O–H groups in total. The molecule has 1 aromatic carbocycles.